The maximum absolute atomic E-state index is 10.3. The fourth-order valence-corrected chi connectivity index (χ4v) is 1.79. The highest BCUT2D eigenvalue weighted by Crippen LogP contribution is 2.25. The van der Waals surface area contributed by atoms with Crippen LogP contribution >= 0.6 is 0 Å². The lowest BCUT2D eigenvalue weighted by Crippen LogP contribution is -2.34. The van der Waals surface area contributed by atoms with E-state index in [1.165, 1.54) is 0 Å². The van der Waals surface area contributed by atoms with E-state index in [0.29, 0.717) is 6.42 Å². The van der Waals surface area contributed by atoms with Crippen LogP contribution in [0, 0.1) is 0 Å². The minimum absolute atomic E-state index is 0.212. The molecule has 0 aliphatic heterocycles. The molecule has 1 unspecified atom stereocenters. The highest BCUT2D eigenvalue weighted by Gasteiger charge is 2.25. The van der Waals surface area contributed by atoms with Gasteiger partial charge in [-0.15, -0.1) is 0 Å². The second-order valence-corrected chi connectivity index (χ2v) is 4.01. The summed E-state index contributed by atoms with van der Waals surface area (Å²) in [5.74, 6) is 0. The highest BCUT2D eigenvalue weighted by atomic mass is 16.3. The Morgan fingerprint density at radius 3 is 2.81 bits per heavy atom. The third kappa shape index (κ3) is 1.79. The SMILES string of the molecule is CCC(O)(CN)c1cnc2ccccc2c1. The number of hydrogen-bond donors (Lipinski definition) is 2. The molecule has 3 nitrogen and oxygen atoms in total. The molecule has 3 N–H and O–H groups in total. The van der Waals surface area contributed by atoms with Crippen molar-refractivity contribution in [1.29, 1.82) is 0 Å². The standard InChI is InChI=1S/C13H16N2O/c1-2-13(16,9-14)11-7-10-5-3-4-6-12(10)15-8-11/h3-8,16H,2,9,14H2,1H3. The van der Waals surface area contributed by atoms with Gasteiger partial charge in [-0.2, -0.15) is 0 Å². The summed E-state index contributed by atoms with van der Waals surface area (Å²) in [6.45, 7) is 2.13. The molecule has 84 valence electrons. The predicted molar refractivity (Wildman–Crippen MR) is 65.0 cm³/mol. The fraction of sp³-hybridized carbons (Fsp3) is 0.308. The number of fused-ring (bicyclic) bond motifs is 1. The number of aliphatic hydroxyl groups is 1. The molecule has 1 heterocycles. The topological polar surface area (TPSA) is 59.1 Å². The summed E-state index contributed by atoms with van der Waals surface area (Å²) in [4.78, 5) is 4.33. The maximum Gasteiger partial charge on any atom is 0.103 e. The van der Waals surface area contributed by atoms with E-state index in [-0.39, 0.29) is 6.54 Å². The summed E-state index contributed by atoms with van der Waals surface area (Å²) in [7, 11) is 0. The van der Waals surface area contributed by atoms with Gasteiger partial charge >= 0.3 is 0 Å². The third-order valence-corrected chi connectivity index (χ3v) is 3.05. The van der Waals surface area contributed by atoms with E-state index in [1.54, 1.807) is 6.20 Å². The molecule has 0 spiro atoms. The molecule has 3 heteroatoms. The smallest absolute Gasteiger partial charge is 0.103 e. The Kier molecular flexibility index (Phi) is 2.90. The molecule has 0 aliphatic carbocycles. The zero-order chi connectivity index (χ0) is 11.6. The summed E-state index contributed by atoms with van der Waals surface area (Å²) in [6, 6.07) is 9.80. The Bertz CT molecular complexity index is 492. The lowest BCUT2D eigenvalue weighted by atomic mass is 9.92. The molecular formula is C13H16N2O. The van der Waals surface area contributed by atoms with E-state index in [0.717, 1.165) is 16.5 Å². The molecule has 16 heavy (non-hydrogen) atoms. The Morgan fingerprint density at radius 1 is 1.38 bits per heavy atom. The van der Waals surface area contributed by atoms with E-state index >= 15 is 0 Å². The van der Waals surface area contributed by atoms with Crippen LogP contribution in [0.5, 0.6) is 0 Å². The molecule has 0 fully saturated rings. The Hall–Kier alpha value is -1.45. The van der Waals surface area contributed by atoms with Crippen molar-refractivity contribution < 1.29 is 5.11 Å². The van der Waals surface area contributed by atoms with Crippen molar-refractivity contribution in [2.45, 2.75) is 18.9 Å². The van der Waals surface area contributed by atoms with Gasteiger partial charge in [0, 0.05) is 23.7 Å². The van der Waals surface area contributed by atoms with Crippen molar-refractivity contribution >= 4 is 10.9 Å². The van der Waals surface area contributed by atoms with Gasteiger partial charge < -0.3 is 10.8 Å². The Labute approximate surface area is 94.9 Å². The zero-order valence-corrected chi connectivity index (χ0v) is 9.35. The number of aromatic nitrogens is 1. The van der Waals surface area contributed by atoms with Crippen LogP contribution in [0.3, 0.4) is 0 Å². The fourth-order valence-electron chi connectivity index (χ4n) is 1.79. The maximum atomic E-state index is 10.3. The molecule has 1 atom stereocenters. The van der Waals surface area contributed by atoms with E-state index in [2.05, 4.69) is 4.98 Å². The quantitative estimate of drug-likeness (QED) is 0.822. The zero-order valence-electron chi connectivity index (χ0n) is 9.35. The number of benzene rings is 1. The van der Waals surface area contributed by atoms with Crippen molar-refractivity contribution in [2.24, 2.45) is 5.73 Å². The average Bonchev–Trinajstić information content (AvgIpc) is 2.37. The Balaban J connectivity index is 2.54. The third-order valence-electron chi connectivity index (χ3n) is 3.05. The Morgan fingerprint density at radius 2 is 2.12 bits per heavy atom. The number of nitrogens with two attached hydrogens (primary N) is 1. The number of nitrogens with zero attached hydrogens (tertiary/aromatic N) is 1. The van der Waals surface area contributed by atoms with Gasteiger partial charge in [-0.05, 0) is 18.6 Å². The summed E-state index contributed by atoms with van der Waals surface area (Å²) in [5, 5.41) is 11.3. The predicted octanol–water partition coefficient (Wildman–Crippen LogP) is 1.79. The molecule has 0 saturated carbocycles. The van der Waals surface area contributed by atoms with E-state index in [4.69, 9.17) is 5.73 Å². The van der Waals surface area contributed by atoms with Gasteiger partial charge in [0.2, 0.25) is 0 Å². The van der Waals surface area contributed by atoms with Crippen molar-refractivity contribution in [3.63, 3.8) is 0 Å². The normalized spacial score (nSPS) is 14.9. The van der Waals surface area contributed by atoms with Crippen LogP contribution in [0.4, 0.5) is 0 Å². The molecule has 1 aromatic heterocycles. The number of rotatable bonds is 3. The van der Waals surface area contributed by atoms with Crippen molar-refractivity contribution in [2.75, 3.05) is 6.54 Å². The molecule has 0 amide bonds. The second-order valence-electron chi connectivity index (χ2n) is 4.01. The summed E-state index contributed by atoms with van der Waals surface area (Å²) < 4.78 is 0. The van der Waals surface area contributed by atoms with Gasteiger partial charge in [0.25, 0.3) is 0 Å². The molecule has 2 rings (SSSR count). The number of pyridine rings is 1. The minimum atomic E-state index is -0.961. The number of hydrogen-bond acceptors (Lipinski definition) is 3. The van der Waals surface area contributed by atoms with E-state index < -0.39 is 5.60 Å². The van der Waals surface area contributed by atoms with Crippen LogP contribution in [-0.4, -0.2) is 16.6 Å². The minimum Gasteiger partial charge on any atom is -0.384 e. The van der Waals surface area contributed by atoms with Gasteiger partial charge in [-0.1, -0.05) is 25.1 Å². The first kappa shape index (κ1) is 11.0. The van der Waals surface area contributed by atoms with Crippen molar-refractivity contribution in [1.82, 2.24) is 4.98 Å². The first-order chi connectivity index (χ1) is 7.69. The number of para-hydroxylation sites is 1. The largest absolute Gasteiger partial charge is 0.384 e. The molecule has 0 radical (unpaired) electrons. The summed E-state index contributed by atoms with van der Waals surface area (Å²) in [6.07, 6.45) is 2.29. The second kappa shape index (κ2) is 4.20. The monoisotopic (exact) mass is 216 g/mol. The van der Waals surface area contributed by atoms with Gasteiger partial charge in [-0.25, -0.2) is 0 Å². The first-order valence-corrected chi connectivity index (χ1v) is 5.47. The molecule has 0 aliphatic rings. The molecule has 2 aromatic rings. The van der Waals surface area contributed by atoms with Gasteiger partial charge in [0.05, 0.1) is 5.52 Å². The molecule has 0 bridgehead atoms. The summed E-state index contributed by atoms with van der Waals surface area (Å²) >= 11 is 0. The van der Waals surface area contributed by atoms with Crippen LogP contribution in [0.2, 0.25) is 0 Å². The van der Waals surface area contributed by atoms with Crippen LogP contribution in [-0.2, 0) is 5.60 Å². The summed E-state index contributed by atoms with van der Waals surface area (Å²) in [5.41, 5.74) is 6.37. The van der Waals surface area contributed by atoms with Crippen LogP contribution < -0.4 is 5.73 Å². The molecule has 1 aromatic carbocycles. The lowest BCUT2D eigenvalue weighted by Gasteiger charge is -2.25. The first-order valence-electron chi connectivity index (χ1n) is 5.47. The average molecular weight is 216 g/mol. The molecule has 0 saturated heterocycles. The highest BCUT2D eigenvalue weighted by molar-refractivity contribution is 5.78. The van der Waals surface area contributed by atoms with E-state index in [9.17, 15) is 5.11 Å². The van der Waals surface area contributed by atoms with Gasteiger partial charge in [-0.3, -0.25) is 4.98 Å². The van der Waals surface area contributed by atoms with Crippen molar-refractivity contribution in [3.05, 3.63) is 42.1 Å². The molecular weight excluding hydrogens is 200 g/mol. The lowest BCUT2D eigenvalue weighted by molar-refractivity contribution is 0.0417. The van der Waals surface area contributed by atoms with Crippen LogP contribution in [0.15, 0.2) is 36.5 Å². The van der Waals surface area contributed by atoms with Crippen molar-refractivity contribution in [3.8, 4) is 0 Å². The van der Waals surface area contributed by atoms with Crippen LogP contribution in [0.25, 0.3) is 10.9 Å². The van der Waals surface area contributed by atoms with Gasteiger partial charge in [0.15, 0.2) is 0 Å². The van der Waals surface area contributed by atoms with Gasteiger partial charge in [0.1, 0.15) is 5.60 Å². The van der Waals surface area contributed by atoms with E-state index in [1.807, 2.05) is 37.3 Å². The van der Waals surface area contributed by atoms with Crippen LogP contribution in [0.1, 0.15) is 18.9 Å².